The molecule has 4 heteroatoms. The molecule has 0 heterocycles. The summed E-state index contributed by atoms with van der Waals surface area (Å²) in [6, 6.07) is 14.1. The minimum Gasteiger partial charge on any atom is -0.423 e. The number of hydrogen-bond acceptors (Lipinski definition) is 4. The number of aliphatic hydroxyl groups excluding tert-OH is 2. The highest BCUT2D eigenvalue weighted by Gasteiger charge is 2.27. The van der Waals surface area contributed by atoms with Gasteiger partial charge in [0.15, 0.2) is 0 Å². The molecular weight excluding hydrogens is 268 g/mol. The Balaban J connectivity index is 1.87. The average molecular weight is 284 g/mol. The minimum atomic E-state index is -0.825. The van der Waals surface area contributed by atoms with Gasteiger partial charge in [-0.25, -0.2) is 4.79 Å². The molecule has 4 nitrogen and oxygen atoms in total. The number of aliphatic hydroxyl groups is 2. The van der Waals surface area contributed by atoms with E-state index < -0.39 is 18.2 Å². The lowest BCUT2D eigenvalue weighted by Crippen LogP contribution is -2.34. The summed E-state index contributed by atoms with van der Waals surface area (Å²) in [5, 5.41) is 19.5. The zero-order valence-corrected chi connectivity index (χ0v) is 11.4. The molecule has 0 amide bonds. The van der Waals surface area contributed by atoms with E-state index in [2.05, 4.69) is 0 Å². The summed E-state index contributed by atoms with van der Waals surface area (Å²) in [6.07, 6.45) is -0.936. The van der Waals surface area contributed by atoms with E-state index in [0.717, 1.165) is 11.1 Å². The molecule has 0 saturated carbocycles. The smallest absolute Gasteiger partial charge is 0.343 e. The second kappa shape index (κ2) is 5.68. The number of esters is 1. The lowest BCUT2D eigenvalue weighted by atomic mass is 9.87. The predicted molar refractivity (Wildman–Crippen MR) is 77.3 cm³/mol. The van der Waals surface area contributed by atoms with E-state index in [-0.39, 0.29) is 6.42 Å². The number of hydrogen-bond donors (Lipinski definition) is 2. The van der Waals surface area contributed by atoms with Crippen molar-refractivity contribution < 1.29 is 19.7 Å². The van der Waals surface area contributed by atoms with E-state index in [1.54, 1.807) is 36.4 Å². The molecule has 0 saturated heterocycles. The van der Waals surface area contributed by atoms with Crippen LogP contribution in [-0.2, 0) is 12.8 Å². The molecule has 1 aliphatic carbocycles. The second-order valence-corrected chi connectivity index (χ2v) is 5.19. The van der Waals surface area contributed by atoms with Crippen LogP contribution in [0.3, 0.4) is 0 Å². The van der Waals surface area contributed by atoms with Crippen molar-refractivity contribution in [1.29, 1.82) is 0 Å². The molecular formula is C17H16O4. The standard InChI is InChI=1S/C17H16O4/c18-14-9-12-7-4-8-16(13(12)10-15(14)19)21-17(20)11-5-2-1-3-6-11/h1-8,14-15,18-19H,9-10H2. The maximum absolute atomic E-state index is 12.1. The first-order valence-corrected chi connectivity index (χ1v) is 6.89. The van der Waals surface area contributed by atoms with Gasteiger partial charge in [-0.2, -0.15) is 0 Å². The molecule has 2 atom stereocenters. The van der Waals surface area contributed by atoms with Crippen LogP contribution < -0.4 is 4.74 Å². The summed E-state index contributed by atoms with van der Waals surface area (Å²) >= 11 is 0. The van der Waals surface area contributed by atoms with Crippen LogP contribution in [0.15, 0.2) is 48.5 Å². The molecule has 1 aliphatic rings. The average Bonchev–Trinajstić information content (AvgIpc) is 2.50. The molecule has 3 rings (SSSR count). The van der Waals surface area contributed by atoms with Crippen molar-refractivity contribution in [2.24, 2.45) is 0 Å². The zero-order valence-electron chi connectivity index (χ0n) is 11.4. The molecule has 2 aromatic rings. The van der Waals surface area contributed by atoms with E-state index in [1.807, 2.05) is 12.1 Å². The van der Waals surface area contributed by atoms with E-state index in [4.69, 9.17) is 4.74 Å². The Bertz CT molecular complexity index is 651. The number of benzene rings is 2. The Hall–Kier alpha value is -2.17. The van der Waals surface area contributed by atoms with Crippen LogP contribution in [0.5, 0.6) is 5.75 Å². The Morgan fingerprint density at radius 3 is 2.43 bits per heavy atom. The predicted octanol–water partition coefficient (Wildman–Crippen LogP) is 1.73. The lowest BCUT2D eigenvalue weighted by molar-refractivity contribution is 0.0135. The van der Waals surface area contributed by atoms with Crippen LogP contribution in [0, 0.1) is 0 Å². The summed E-state index contributed by atoms with van der Waals surface area (Å²) in [7, 11) is 0. The van der Waals surface area contributed by atoms with Gasteiger partial charge in [-0.05, 0) is 23.8 Å². The van der Waals surface area contributed by atoms with Gasteiger partial charge in [-0.1, -0.05) is 30.3 Å². The molecule has 2 unspecified atom stereocenters. The minimum absolute atomic E-state index is 0.286. The van der Waals surface area contributed by atoms with Crippen molar-refractivity contribution >= 4 is 5.97 Å². The highest BCUT2D eigenvalue weighted by Crippen LogP contribution is 2.30. The van der Waals surface area contributed by atoms with E-state index in [9.17, 15) is 15.0 Å². The maximum atomic E-state index is 12.1. The van der Waals surface area contributed by atoms with Gasteiger partial charge in [-0.15, -0.1) is 0 Å². The van der Waals surface area contributed by atoms with Crippen molar-refractivity contribution in [3.63, 3.8) is 0 Å². The monoisotopic (exact) mass is 284 g/mol. The Morgan fingerprint density at radius 1 is 0.952 bits per heavy atom. The van der Waals surface area contributed by atoms with Crippen LogP contribution in [0.2, 0.25) is 0 Å². The van der Waals surface area contributed by atoms with Gasteiger partial charge in [0.1, 0.15) is 5.75 Å². The first-order valence-electron chi connectivity index (χ1n) is 6.89. The van der Waals surface area contributed by atoms with E-state index >= 15 is 0 Å². The molecule has 2 aromatic carbocycles. The molecule has 2 N–H and O–H groups in total. The molecule has 0 aliphatic heterocycles. The van der Waals surface area contributed by atoms with Crippen molar-refractivity contribution in [3.8, 4) is 5.75 Å². The fourth-order valence-corrected chi connectivity index (χ4v) is 2.57. The van der Waals surface area contributed by atoms with Crippen molar-refractivity contribution in [3.05, 3.63) is 65.2 Å². The number of carbonyl (C=O) groups is 1. The van der Waals surface area contributed by atoms with E-state index in [1.165, 1.54) is 0 Å². The number of rotatable bonds is 2. The van der Waals surface area contributed by atoms with Gasteiger partial charge in [0.2, 0.25) is 0 Å². The summed E-state index contributed by atoms with van der Waals surface area (Å²) in [6.45, 7) is 0. The summed E-state index contributed by atoms with van der Waals surface area (Å²) < 4.78 is 5.45. The number of carbonyl (C=O) groups excluding carboxylic acids is 1. The van der Waals surface area contributed by atoms with E-state index in [0.29, 0.717) is 17.7 Å². The quantitative estimate of drug-likeness (QED) is 0.651. The topological polar surface area (TPSA) is 66.8 Å². The van der Waals surface area contributed by atoms with Crippen LogP contribution >= 0.6 is 0 Å². The third-order valence-corrected chi connectivity index (χ3v) is 3.73. The third-order valence-electron chi connectivity index (χ3n) is 3.73. The van der Waals surface area contributed by atoms with Crippen molar-refractivity contribution in [2.45, 2.75) is 25.0 Å². The number of fused-ring (bicyclic) bond motifs is 1. The van der Waals surface area contributed by atoms with Crippen molar-refractivity contribution in [1.82, 2.24) is 0 Å². The SMILES string of the molecule is O=C(Oc1cccc2c1CC(O)C(O)C2)c1ccccc1. The van der Waals surface area contributed by atoms with Gasteiger partial charge in [0.25, 0.3) is 0 Å². The van der Waals surface area contributed by atoms with Gasteiger partial charge in [-0.3, -0.25) is 0 Å². The molecule has 0 bridgehead atoms. The molecule has 0 radical (unpaired) electrons. The molecule has 108 valence electrons. The summed E-state index contributed by atoms with van der Waals surface area (Å²) in [5.41, 5.74) is 2.18. The fraction of sp³-hybridized carbons (Fsp3) is 0.235. The molecule has 0 fully saturated rings. The van der Waals surface area contributed by atoms with Crippen LogP contribution in [0.4, 0.5) is 0 Å². The highest BCUT2D eigenvalue weighted by atomic mass is 16.5. The first kappa shape index (κ1) is 13.8. The molecule has 0 aromatic heterocycles. The first-order chi connectivity index (χ1) is 10.1. The van der Waals surface area contributed by atoms with Gasteiger partial charge in [0.05, 0.1) is 17.8 Å². The van der Waals surface area contributed by atoms with Gasteiger partial charge >= 0.3 is 5.97 Å². The largest absolute Gasteiger partial charge is 0.423 e. The Morgan fingerprint density at radius 2 is 1.67 bits per heavy atom. The van der Waals surface area contributed by atoms with Crippen molar-refractivity contribution in [2.75, 3.05) is 0 Å². The third kappa shape index (κ3) is 2.82. The van der Waals surface area contributed by atoms with Crippen LogP contribution in [-0.4, -0.2) is 28.4 Å². The normalized spacial score (nSPS) is 20.7. The maximum Gasteiger partial charge on any atom is 0.343 e. The second-order valence-electron chi connectivity index (χ2n) is 5.19. The lowest BCUT2D eigenvalue weighted by Gasteiger charge is -2.27. The Labute approximate surface area is 122 Å². The molecule has 0 spiro atoms. The van der Waals surface area contributed by atoms with Crippen LogP contribution in [0.25, 0.3) is 0 Å². The zero-order chi connectivity index (χ0) is 14.8. The number of ether oxygens (including phenoxy) is 1. The van der Waals surface area contributed by atoms with Gasteiger partial charge < -0.3 is 14.9 Å². The fourth-order valence-electron chi connectivity index (χ4n) is 2.57. The summed E-state index contributed by atoms with van der Waals surface area (Å²) in [5.74, 6) is 0.0249. The van der Waals surface area contributed by atoms with Gasteiger partial charge in [0, 0.05) is 18.4 Å². The van der Waals surface area contributed by atoms with Crippen LogP contribution in [0.1, 0.15) is 21.5 Å². The Kier molecular flexibility index (Phi) is 3.73. The summed E-state index contributed by atoms with van der Waals surface area (Å²) in [4.78, 5) is 12.1. The molecule has 21 heavy (non-hydrogen) atoms. The highest BCUT2D eigenvalue weighted by molar-refractivity contribution is 5.91.